The Balaban J connectivity index is 2.25. The van der Waals surface area contributed by atoms with E-state index in [2.05, 4.69) is 20.7 Å². The van der Waals surface area contributed by atoms with Gasteiger partial charge in [-0.2, -0.15) is 13.2 Å². The molecule has 28 heavy (non-hydrogen) atoms. The smallest absolute Gasteiger partial charge is 0.373 e. The molecule has 6 nitrogen and oxygen atoms in total. The van der Waals surface area contributed by atoms with Crippen LogP contribution in [0.15, 0.2) is 51.8 Å². The van der Waals surface area contributed by atoms with Crippen molar-refractivity contribution in [1.29, 1.82) is 0 Å². The number of hydrogen-bond donors (Lipinski definition) is 3. The number of hydrogen-bond acceptors (Lipinski definition) is 4. The normalized spacial score (nSPS) is 14.2. The quantitative estimate of drug-likeness (QED) is 0.573. The van der Waals surface area contributed by atoms with Gasteiger partial charge in [0.25, 0.3) is 15.9 Å². The van der Waals surface area contributed by atoms with Gasteiger partial charge in [0, 0.05) is 10.2 Å². The molecule has 1 atom stereocenters. The fourth-order valence-electron chi connectivity index (χ4n) is 1.90. The molecule has 0 aliphatic carbocycles. The van der Waals surface area contributed by atoms with Crippen LogP contribution in [0.2, 0.25) is 5.02 Å². The maximum atomic E-state index is 12.7. The summed E-state index contributed by atoms with van der Waals surface area (Å²) in [6.45, 7) is 0.289. The minimum atomic E-state index is -5.21. The molecule has 0 aliphatic rings. The summed E-state index contributed by atoms with van der Waals surface area (Å²) in [6, 6.07) is 9.36. The average Bonchev–Trinajstić information content (AvgIpc) is 2.55. The summed E-state index contributed by atoms with van der Waals surface area (Å²) in [4.78, 5) is 11.4. The molecular weight excluding hydrogens is 489 g/mol. The third-order valence-corrected chi connectivity index (χ3v) is 5.75. The van der Waals surface area contributed by atoms with E-state index in [4.69, 9.17) is 11.6 Å². The standard InChI is InChI=1S/C16H13BrClF3N2O4S/c1-15(25,16(19,20)21)14(24)22-13-6-5-11(8-12(13)18)28(26,27)23-10-4-2-3-9(17)7-10/h2-8,23,25H,1H3,(H,22,24)/t15-/m1/s1. The second-order valence-corrected chi connectivity index (χ2v) is 8.79. The summed E-state index contributed by atoms with van der Waals surface area (Å²) < 4.78 is 65.9. The summed E-state index contributed by atoms with van der Waals surface area (Å²) in [5.41, 5.74) is -3.68. The molecule has 3 N–H and O–H groups in total. The van der Waals surface area contributed by atoms with Crippen molar-refractivity contribution < 1.29 is 31.5 Å². The van der Waals surface area contributed by atoms with Crippen molar-refractivity contribution in [2.24, 2.45) is 0 Å². The third kappa shape index (κ3) is 4.96. The monoisotopic (exact) mass is 500 g/mol. The molecule has 2 aromatic rings. The third-order valence-electron chi connectivity index (χ3n) is 3.57. The number of carbonyl (C=O) groups is 1. The van der Waals surface area contributed by atoms with E-state index in [1.165, 1.54) is 12.1 Å². The molecule has 0 fully saturated rings. The molecular formula is C16H13BrClF3N2O4S. The Bertz CT molecular complexity index is 1010. The zero-order valence-corrected chi connectivity index (χ0v) is 17.2. The molecule has 0 saturated carbocycles. The van der Waals surface area contributed by atoms with Gasteiger partial charge in [-0.15, -0.1) is 0 Å². The number of aliphatic hydroxyl groups is 1. The van der Waals surface area contributed by atoms with Crippen LogP contribution < -0.4 is 10.0 Å². The molecule has 0 spiro atoms. The van der Waals surface area contributed by atoms with Crippen molar-refractivity contribution in [2.75, 3.05) is 10.0 Å². The van der Waals surface area contributed by atoms with E-state index >= 15 is 0 Å². The first-order valence-electron chi connectivity index (χ1n) is 7.42. The highest BCUT2D eigenvalue weighted by Gasteiger charge is 2.55. The number of rotatable bonds is 5. The number of anilines is 2. The highest BCUT2D eigenvalue weighted by Crippen LogP contribution is 2.33. The van der Waals surface area contributed by atoms with Gasteiger partial charge in [0.15, 0.2) is 0 Å². The van der Waals surface area contributed by atoms with Crippen molar-refractivity contribution in [3.8, 4) is 0 Å². The molecule has 0 heterocycles. The molecule has 12 heteroatoms. The van der Waals surface area contributed by atoms with Gasteiger partial charge >= 0.3 is 6.18 Å². The summed E-state index contributed by atoms with van der Waals surface area (Å²) in [6.07, 6.45) is -5.21. The van der Waals surface area contributed by atoms with E-state index in [1.54, 1.807) is 12.1 Å². The topological polar surface area (TPSA) is 95.5 Å². The Hall–Kier alpha value is -1.82. The number of alkyl halides is 3. The van der Waals surface area contributed by atoms with Crippen LogP contribution in [0.5, 0.6) is 0 Å². The van der Waals surface area contributed by atoms with E-state index in [0.717, 1.165) is 18.2 Å². The zero-order chi connectivity index (χ0) is 21.3. The minimum Gasteiger partial charge on any atom is -0.373 e. The van der Waals surface area contributed by atoms with Gasteiger partial charge in [0.1, 0.15) is 0 Å². The van der Waals surface area contributed by atoms with Crippen LogP contribution in [-0.2, 0) is 14.8 Å². The molecule has 0 aliphatic heterocycles. The van der Waals surface area contributed by atoms with Crippen LogP contribution in [0, 0.1) is 0 Å². The molecule has 0 bridgehead atoms. The van der Waals surface area contributed by atoms with Gasteiger partial charge < -0.3 is 10.4 Å². The minimum absolute atomic E-state index is 0.268. The van der Waals surface area contributed by atoms with Gasteiger partial charge in [-0.1, -0.05) is 33.6 Å². The lowest BCUT2D eigenvalue weighted by Gasteiger charge is -2.25. The predicted octanol–water partition coefficient (Wildman–Crippen LogP) is 4.16. The van der Waals surface area contributed by atoms with E-state index in [9.17, 15) is 31.5 Å². The second kappa shape index (κ2) is 7.90. The summed E-state index contributed by atoms with van der Waals surface area (Å²) in [5, 5.41) is 10.9. The zero-order valence-electron chi connectivity index (χ0n) is 14.0. The maximum Gasteiger partial charge on any atom is 0.426 e. The van der Waals surface area contributed by atoms with Crippen LogP contribution >= 0.6 is 27.5 Å². The summed E-state index contributed by atoms with van der Waals surface area (Å²) in [5.74, 6) is -1.76. The van der Waals surface area contributed by atoms with E-state index in [-0.39, 0.29) is 28.2 Å². The Kier molecular flexibility index (Phi) is 6.34. The molecule has 0 aromatic heterocycles. The number of nitrogens with one attached hydrogen (secondary N) is 2. The first-order chi connectivity index (χ1) is 12.7. The van der Waals surface area contributed by atoms with Crippen LogP contribution in [-0.4, -0.2) is 31.2 Å². The number of benzene rings is 2. The number of carbonyl (C=O) groups excluding carboxylic acids is 1. The summed E-state index contributed by atoms with van der Waals surface area (Å²) >= 11 is 9.10. The number of amides is 1. The van der Waals surface area contributed by atoms with Crippen LogP contribution in [0.1, 0.15) is 6.92 Å². The maximum absolute atomic E-state index is 12.7. The lowest BCUT2D eigenvalue weighted by Crippen LogP contribution is -2.52. The Morgan fingerprint density at radius 2 is 1.82 bits per heavy atom. The largest absolute Gasteiger partial charge is 0.426 e. The van der Waals surface area contributed by atoms with E-state index in [0.29, 0.717) is 4.47 Å². The molecule has 1 amide bonds. The van der Waals surface area contributed by atoms with Crippen molar-refractivity contribution in [3.05, 3.63) is 52.0 Å². The highest BCUT2D eigenvalue weighted by atomic mass is 79.9. The van der Waals surface area contributed by atoms with Gasteiger partial charge in [-0.3, -0.25) is 9.52 Å². The fourth-order valence-corrected chi connectivity index (χ4v) is 3.67. The lowest BCUT2D eigenvalue weighted by molar-refractivity contribution is -0.242. The first-order valence-corrected chi connectivity index (χ1v) is 10.1. The van der Waals surface area contributed by atoms with Crippen LogP contribution in [0.25, 0.3) is 0 Å². The fraction of sp³-hybridized carbons (Fsp3) is 0.188. The molecule has 0 saturated heterocycles. The SMILES string of the molecule is C[C@@](O)(C(=O)Nc1ccc(S(=O)(=O)Nc2cccc(Br)c2)cc1Cl)C(F)(F)F. The molecule has 152 valence electrons. The van der Waals surface area contributed by atoms with Gasteiger partial charge in [-0.25, -0.2) is 8.42 Å². The van der Waals surface area contributed by atoms with Gasteiger partial charge in [-0.05, 0) is 43.3 Å². The summed E-state index contributed by atoms with van der Waals surface area (Å²) in [7, 11) is -4.05. The van der Waals surface area contributed by atoms with Crippen molar-refractivity contribution in [3.63, 3.8) is 0 Å². The Morgan fingerprint density at radius 1 is 1.18 bits per heavy atom. The molecule has 0 unspecified atom stereocenters. The van der Waals surface area contributed by atoms with Crippen molar-refractivity contribution in [2.45, 2.75) is 23.6 Å². The van der Waals surface area contributed by atoms with Crippen LogP contribution in [0.4, 0.5) is 24.5 Å². The number of sulfonamides is 1. The lowest BCUT2D eigenvalue weighted by atomic mass is 10.1. The Labute approximate surface area is 171 Å². The van der Waals surface area contributed by atoms with E-state index < -0.39 is 27.7 Å². The predicted molar refractivity (Wildman–Crippen MR) is 102 cm³/mol. The van der Waals surface area contributed by atoms with Crippen molar-refractivity contribution >= 4 is 54.8 Å². The first kappa shape index (κ1) is 22.5. The van der Waals surface area contributed by atoms with Gasteiger partial charge in [0.2, 0.25) is 5.60 Å². The molecule has 2 aromatic carbocycles. The van der Waals surface area contributed by atoms with Crippen molar-refractivity contribution in [1.82, 2.24) is 0 Å². The second-order valence-electron chi connectivity index (χ2n) is 5.78. The molecule has 0 radical (unpaired) electrons. The van der Waals surface area contributed by atoms with Crippen LogP contribution in [0.3, 0.4) is 0 Å². The van der Waals surface area contributed by atoms with Gasteiger partial charge in [0.05, 0.1) is 15.6 Å². The number of halogens is 5. The average molecular weight is 502 g/mol. The van der Waals surface area contributed by atoms with E-state index in [1.807, 2.05) is 5.32 Å². The molecule has 2 rings (SSSR count). The highest BCUT2D eigenvalue weighted by molar-refractivity contribution is 9.10. The Morgan fingerprint density at radius 3 is 2.36 bits per heavy atom.